The molecule has 4 rings (SSSR count). The van der Waals surface area contributed by atoms with Gasteiger partial charge in [-0.05, 0) is 18.2 Å². The number of anilines is 1. The first kappa shape index (κ1) is 25.5. The highest BCUT2D eigenvalue weighted by molar-refractivity contribution is 8.00. The van der Waals surface area contributed by atoms with Crippen LogP contribution in [0.4, 0.5) is 18.9 Å². The second-order valence-electron chi connectivity index (χ2n) is 7.65. The molecular weight excluding hydrogens is 519 g/mol. The highest BCUT2D eigenvalue weighted by atomic mass is 35.5. The molecule has 0 unspecified atom stereocenters. The van der Waals surface area contributed by atoms with E-state index in [4.69, 9.17) is 11.6 Å². The van der Waals surface area contributed by atoms with Crippen LogP contribution >= 0.6 is 23.4 Å². The van der Waals surface area contributed by atoms with E-state index in [0.717, 1.165) is 34.5 Å². The molecule has 13 heteroatoms. The fraction of sp³-hybridized carbons (Fsp3) is 0.174. The van der Waals surface area contributed by atoms with Gasteiger partial charge in [-0.25, -0.2) is 14.8 Å². The first-order valence-electron chi connectivity index (χ1n) is 10.3. The van der Waals surface area contributed by atoms with Crippen LogP contribution in [0.2, 0.25) is 5.02 Å². The summed E-state index contributed by atoms with van der Waals surface area (Å²) in [7, 11) is 2.77. The number of hydrogen-bond donors (Lipinski definition) is 1. The summed E-state index contributed by atoms with van der Waals surface area (Å²) in [6, 6.07) is 11.4. The highest BCUT2D eigenvalue weighted by Crippen LogP contribution is 2.34. The van der Waals surface area contributed by atoms with Crippen LogP contribution < -0.4 is 16.6 Å². The minimum Gasteiger partial charge on any atom is -0.324 e. The molecular formula is C23H17ClF3N5O3S. The Kier molecular flexibility index (Phi) is 6.92. The number of carbonyl (C=O) groups is 1. The van der Waals surface area contributed by atoms with Crippen molar-refractivity contribution in [2.45, 2.75) is 11.2 Å². The molecule has 2 aromatic heterocycles. The molecule has 0 radical (unpaired) electrons. The second kappa shape index (κ2) is 9.78. The maximum Gasteiger partial charge on any atom is 0.416 e. The van der Waals surface area contributed by atoms with E-state index >= 15 is 0 Å². The number of halogens is 4. The Hall–Kier alpha value is -3.64. The molecule has 0 bridgehead atoms. The third-order valence-electron chi connectivity index (χ3n) is 5.21. The summed E-state index contributed by atoms with van der Waals surface area (Å²) >= 11 is 6.84. The van der Waals surface area contributed by atoms with Crippen molar-refractivity contribution < 1.29 is 18.0 Å². The molecule has 0 spiro atoms. The van der Waals surface area contributed by atoms with Gasteiger partial charge >= 0.3 is 11.9 Å². The van der Waals surface area contributed by atoms with Gasteiger partial charge < -0.3 is 5.32 Å². The van der Waals surface area contributed by atoms with Crippen molar-refractivity contribution in [3.63, 3.8) is 0 Å². The number of nitrogens with zero attached hydrogens (tertiary/aromatic N) is 4. The summed E-state index contributed by atoms with van der Waals surface area (Å²) in [6.07, 6.45) is -4.61. The summed E-state index contributed by atoms with van der Waals surface area (Å²) in [6.45, 7) is 0. The Bertz CT molecular complexity index is 1600. The smallest absolute Gasteiger partial charge is 0.324 e. The van der Waals surface area contributed by atoms with E-state index in [1.54, 1.807) is 30.3 Å². The number of rotatable bonds is 5. The topological polar surface area (TPSA) is 98.9 Å². The molecule has 1 amide bonds. The Morgan fingerprint density at radius 1 is 1.06 bits per heavy atom. The minimum absolute atomic E-state index is 0.0363. The zero-order valence-corrected chi connectivity index (χ0v) is 20.3. The van der Waals surface area contributed by atoms with Crippen molar-refractivity contribution in [1.82, 2.24) is 19.1 Å². The number of thioether (sulfide) groups is 1. The summed E-state index contributed by atoms with van der Waals surface area (Å²) in [5.41, 5.74) is -1.69. The Morgan fingerprint density at radius 2 is 1.75 bits per heavy atom. The molecule has 0 atom stereocenters. The molecule has 0 aliphatic carbocycles. The first-order valence-corrected chi connectivity index (χ1v) is 11.7. The third kappa shape index (κ3) is 5.00. The molecule has 0 saturated carbocycles. The molecule has 1 N–H and O–H groups in total. The summed E-state index contributed by atoms with van der Waals surface area (Å²) in [4.78, 5) is 46.8. The number of fused-ring (bicyclic) bond motifs is 1. The molecule has 0 saturated heterocycles. The molecule has 0 aliphatic rings. The van der Waals surface area contributed by atoms with Gasteiger partial charge in [0.05, 0.1) is 22.0 Å². The van der Waals surface area contributed by atoms with E-state index in [-0.39, 0.29) is 38.3 Å². The van der Waals surface area contributed by atoms with Crippen molar-refractivity contribution in [2.24, 2.45) is 14.1 Å². The summed E-state index contributed by atoms with van der Waals surface area (Å²) in [5.74, 6) is -0.745. The number of nitrogens with one attached hydrogen (secondary N) is 1. The normalized spacial score (nSPS) is 11.6. The van der Waals surface area contributed by atoms with E-state index in [9.17, 15) is 27.6 Å². The van der Waals surface area contributed by atoms with Crippen LogP contribution in [0.3, 0.4) is 0 Å². The highest BCUT2D eigenvalue weighted by Gasteiger charge is 2.31. The quantitative estimate of drug-likeness (QED) is 0.305. The van der Waals surface area contributed by atoms with Crippen LogP contribution in [0.15, 0.2) is 63.1 Å². The SMILES string of the molecule is Cn1c(=O)c2c(SCC(=O)Nc3cc(C(F)(F)F)ccc3Cl)nc(-c3ccccc3)nc2n(C)c1=O. The van der Waals surface area contributed by atoms with Crippen LogP contribution in [-0.4, -0.2) is 30.8 Å². The second-order valence-corrected chi connectivity index (χ2v) is 9.02. The number of aryl methyl sites for hydroxylation is 1. The van der Waals surface area contributed by atoms with Gasteiger partial charge in [-0.3, -0.25) is 18.7 Å². The van der Waals surface area contributed by atoms with E-state index < -0.39 is 28.9 Å². The standard InChI is InChI=1S/C23H17ClF3N5O3S/c1-31-19-17(21(34)32(2)22(31)35)20(30-18(29-19)12-6-4-3-5-7-12)36-11-16(33)28-15-10-13(23(25,26)27)8-9-14(15)24/h3-10H,11H2,1-2H3,(H,28,33). The number of benzene rings is 2. The molecule has 2 aromatic carbocycles. The van der Waals surface area contributed by atoms with Crippen LogP contribution in [0, 0.1) is 0 Å². The van der Waals surface area contributed by atoms with Crippen molar-refractivity contribution >= 4 is 46.0 Å². The van der Waals surface area contributed by atoms with Gasteiger partial charge in [0.2, 0.25) is 5.91 Å². The monoisotopic (exact) mass is 535 g/mol. The number of alkyl halides is 3. The molecule has 4 aromatic rings. The average Bonchev–Trinajstić information content (AvgIpc) is 2.85. The zero-order chi connectivity index (χ0) is 26.2. The Morgan fingerprint density at radius 3 is 2.42 bits per heavy atom. The Labute approximate surface area is 210 Å². The first-order chi connectivity index (χ1) is 17.0. The van der Waals surface area contributed by atoms with E-state index in [2.05, 4.69) is 15.3 Å². The molecule has 36 heavy (non-hydrogen) atoms. The maximum absolute atomic E-state index is 13.0. The van der Waals surface area contributed by atoms with Gasteiger partial charge in [0.15, 0.2) is 11.5 Å². The third-order valence-corrected chi connectivity index (χ3v) is 6.51. The van der Waals surface area contributed by atoms with Gasteiger partial charge in [-0.15, -0.1) is 0 Å². The molecule has 186 valence electrons. The summed E-state index contributed by atoms with van der Waals surface area (Å²) < 4.78 is 41.2. The van der Waals surface area contributed by atoms with Crippen molar-refractivity contribution in [1.29, 1.82) is 0 Å². The molecule has 8 nitrogen and oxygen atoms in total. The zero-order valence-electron chi connectivity index (χ0n) is 18.8. The van der Waals surface area contributed by atoms with E-state index in [1.165, 1.54) is 18.7 Å². The van der Waals surface area contributed by atoms with E-state index in [0.29, 0.717) is 5.56 Å². The average molecular weight is 536 g/mol. The molecule has 0 aliphatic heterocycles. The van der Waals surface area contributed by atoms with Crippen LogP contribution in [0.25, 0.3) is 22.4 Å². The van der Waals surface area contributed by atoms with Crippen molar-refractivity contribution in [3.8, 4) is 11.4 Å². The molecule has 2 heterocycles. The van der Waals surface area contributed by atoms with Gasteiger partial charge in [-0.2, -0.15) is 13.2 Å². The van der Waals surface area contributed by atoms with Crippen molar-refractivity contribution in [3.05, 3.63) is 80.0 Å². The van der Waals surface area contributed by atoms with Gasteiger partial charge in [0, 0.05) is 19.7 Å². The predicted molar refractivity (Wildman–Crippen MR) is 131 cm³/mol. The lowest BCUT2D eigenvalue weighted by molar-refractivity contribution is -0.137. The Balaban J connectivity index is 1.71. The van der Waals surface area contributed by atoms with Crippen LogP contribution in [-0.2, 0) is 25.1 Å². The maximum atomic E-state index is 13.0. The van der Waals surface area contributed by atoms with Crippen LogP contribution in [0.5, 0.6) is 0 Å². The van der Waals surface area contributed by atoms with E-state index in [1.807, 2.05) is 0 Å². The number of aromatic nitrogens is 4. The lowest BCUT2D eigenvalue weighted by Gasteiger charge is -2.13. The summed E-state index contributed by atoms with van der Waals surface area (Å²) in [5, 5.41) is 2.47. The minimum atomic E-state index is -4.61. The lowest BCUT2D eigenvalue weighted by Crippen LogP contribution is -2.37. The fourth-order valence-electron chi connectivity index (χ4n) is 3.37. The van der Waals surface area contributed by atoms with Gasteiger partial charge in [0.25, 0.3) is 5.56 Å². The number of carbonyl (C=O) groups excluding carboxylic acids is 1. The van der Waals surface area contributed by atoms with Crippen LogP contribution in [0.1, 0.15) is 5.56 Å². The van der Waals surface area contributed by atoms with Gasteiger partial charge in [0.1, 0.15) is 10.4 Å². The number of hydrogen-bond acceptors (Lipinski definition) is 6. The fourth-order valence-corrected chi connectivity index (χ4v) is 4.35. The predicted octanol–water partition coefficient (Wildman–Crippen LogP) is 4.10. The largest absolute Gasteiger partial charge is 0.416 e. The number of amides is 1. The lowest BCUT2D eigenvalue weighted by atomic mass is 10.2. The van der Waals surface area contributed by atoms with Gasteiger partial charge in [-0.1, -0.05) is 53.7 Å². The van der Waals surface area contributed by atoms with Crippen molar-refractivity contribution in [2.75, 3.05) is 11.1 Å². The molecule has 0 fully saturated rings.